The molecule has 0 aromatic heterocycles. The first-order valence-electron chi connectivity index (χ1n) is 7.17. The quantitative estimate of drug-likeness (QED) is 0.818. The molecule has 0 amide bonds. The van der Waals surface area contributed by atoms with Gasteiger partial charge in [-0.05, 0) is 45.1 Å². The van der Waals surface area contributed by atoms with Gasteiger partial charge in [-0.1, -0.05) is 12.8 Å². The largest absolute Gasteiger partial charge is 0.373 e. The molecule has 2 rings (SSSR count). The Bertz CT molecular complexity index is 242. The lowest BCUT2D eigenvalue weighted by Gasteiger charge is -2.41. The van der Waals surface area contributed by atoms with Crippen LogP contribution in [0.2, 0.25) is 0 Å². The maximum Gasteiger partial charge on any atom is 0.0753 e. The minimum absolute atomic E-state index is 0.0329. The molecular formula is C14H28N2O. The van der Waals surface area contributed by atoms with Crippen molar-refractivity contribution in [1.82, 2.24) is 4.90 Å². The van der Waals surface area contributed by atoms with Gasteiger partial charge in [0.15, 0.2) is 0 Å². The van der Waals surface area contributed by atoms with Crippen molar-refractivity contribution in [3.8, 4) is 0 Å². The second-order valence-electron chi connectivity index (χ2n) is 6.38. The number of hydrogen-bond acceptors (Lipinski definition) is 3. The molecule has 1 aliphatic heterocycles. The molecule has 0 aromatic carbocycles. The van der Waals surface area contributed by atoms with E-state index in [0.29, 0.717) is 0 Å². The van der Waals surface area contributed by atoms with Gasteiger partial charge in [0.05, 0.1) is 12.2 Å². The van der Waals surface area contributed by atoms with Gasteiger partial charge in [-0.3, -0.25) is 4.90 Å². The Labute approximate surface area is 106 Å². The summed E-state index contributed by atoms with van der Waals surface area (Å²) in [4.78, 5) is 2.59. The highest BCUT2D eigenvalue weighted by atomic mass is 16.5. The van der Waals surface area contributed by atoms with E-state index in [0.717, 1.165) is 38.1 Å². The summed E-state index contributed by atoms with van der Waals surface area (Å²) in [6, 6.07) is 0. The van der Waals surface area contributed by atoms with Gasteiger partial charge in [0, 0.05) is 19.6 Å². The van der Waals surface area contributed by atoms with Crippen LogP contribution in [0.1, 0.15) is 39.5 Å². The highest BCUT2D eigenvalue weighted by molar-refractivity contribution is 4.84. The molecule has 0 bridgehead atoms. The Kier molecular flexibility index (Phi) is 4.45. The zero-order valence-corrected chi connectivity index (χ0v) is 11.5. The monoisotopic (exact) mass is 240 g/mol. The summed E-state index contributed by atoms with van der Waals surface area (Å²) in [5, 5.41) is 0. The molecule has 1 heterocycles. The minimum atomic E-state index is 0.0329. The first kappa shape index (κ1) is 13.3. The third-order valence-electron chi connectivity index (χ3n) is 4.37. The molecule has 2 fully saturated rings. The fourth-order valence-electron chi connectivity index (χ4n) is 3.44. The lowest BCUT2D eigenvalue weighted by molar-refractivity contribution is -0.0914. The van der Waals surface area contributed by atoms with Crippen LogP contribution < -0.4 is 5.73 Å². The van der Waals surface area contributed by atoms with Gasteiger partial charge in [0.2, 0.25) is 0 Å². The van der Waals surface area contributed by atoms with E-state index in [1.807, 2.05) is 0 Å². The molecule has 100 valence electrons. The van der Waals surface area contributed by atoms with E-state index in [-0.39, 0.29) is 5.60 Å². The third-order valence-corrected chi connectivity index (χ3v) is 4.37. The molecule has 3 heteroatoms. The van der Waals surface area contributed by atoms with Gasteiger partial charge in [-0.25, -0.2) is 0 Å². The molecule has 2 N–H and O–H groups in total. The second kappa shape index (κ2) is 5.68. The molecule has 1 saturated carbocycles. The molecule has 0 aromatic rings. The zero-order chi connectivity index (χ0) is 12.3. The summed E-state index contributed by atoms with van der Waals surface area (Å²) < 4.78 is 5.77. The summed E-state index contributed by atoms with van der Waals surface area (Å²) in [5.74, 6) is 1.58. The van der Waals surface area contributed by atoms with E-state index >= 15 is 0 Å². The van der Waals surface area contributed by atoms with Crippen molar-refractivity contribution in [3.63, 3.8) is 0 Å². The second-order valence-corrected chi connectivity index (χ2v) is 6.38. The van der Waals surface area contributed by atoms with Crippen LogP contribution in [0.15, 0.2) is 0 Å². The number of morpholine rings is 1. The van der Waals surface area contributed by atoms with Gasteiger partial charge < -0.3 is 10.5 Å². The minimum Gasteiger partial charge on any atom is -0.373 e. The Balaban J connectivity index is 1.86. The van der Waals surface area contributed by atoms with E-state index in [2.05, 4.69) is 18.7 Å². The highest BCUT2D eigenvalue weighted by Crippen LogP contribution is 2.30. The Morgan fingerprint density at radius 2 is 1.94 bits per heavy atom. The molecule has 2 atom stereocenters. The molecule has 2 aliphatic rings. The highest BCUT2D eigenvalue weighted by Gasteiger charge is 2.31. The maximum atomic E-state index is 5.91. The topological polar surface area (TPSA) is 38.5 Å². The number of rotatable bonds is 3. The summed E-state index contributed by atoms with van der Waals surface area (Å²) in [6.45, 7) is 9.54. The standard InChI is InChI=1S/C14H28N2O/c1-14(2)11-16(7-8-17-14)10-13-6-4-3-5-12(13)9-15/h12-13H,3-11,15H2,1-2H3. The molecule has 17 heavy (non-hydrogen) atoms. The van der Waals surface area contributed by atoms with Crippen LogP contribution in [0, 0.1) is 11.8 Å². The summed E-state index contributed by atoms with van der Waals surface area (Å²) in [5.41, 5.74) is 5.94. The van der Waals surface area contributed by atoms with E-state index in [9.17, 15) is 0 Å². The fourth-order valence-corrected chi connectivity index (χ4v) is 3.44. The van der Waals surface area contributed by atoms with Crippen LogP contribution in [0.25, 0.3) is 0 Å². The maximum absolute atomic E-state index is 5.91. The lowest BCUT2D eigenvalue weighted by atomic mass is 9.79. The van der Waals surface area contributed by atoms with Crippen molar-refractivity contribution in [3.05, 3.63) is 0 Å². The van der Waals surface area contributed by atoms with Crippen molar-refractivity contribution in [2.75, 3.05) is 32.8 Å². The number of hydrogen-bond donors (Lipinski definition) is 1. The van der Waals surface area contributed by atoms with Crippen LogP contribution in [-0.4, -0.2) is 43.3 Å². The summed E-state index contributed by atoms with van der Waals surface area (Å²) >= 11 is 0. The van der Waals surface area contributed by atoms with Crippen LogP contribution >= 0.6 is 0 Å². The van der Waals surface area contributed by atoms with Crippen molar-refractivity contribution in [1.29, 1.82) is 0 Å². The van der Waals surface area contributed by atoms with Gasteiger partial charge in [-0.15, -0.1) is 0 Å². The first-order chi connectivity index (χ1) is 8.11. The van der Waals surface area contributed by atoms with Gasteiger partial charge in [0.25, 0.3) is 0 Å². The van der Waals surface area contributed by atoms with E-state index < -0.39 is 0 Å². The van der Waals surface area contributed by atoms with Crippen molar-refractivity contribution in [2.24, 2.45) is 17.6 Å². The van der Waals surface area contributed by atoms with Crippen LogP contribution in [0.3, 0.4) is 0 Å². The number of ether oxygens (including phenoxy) is 1. The number of nitrogens with zero attached hydrogens (tertiary/aromatic N) is 1. The zero-order valence-electron chi connectivity index (χ0n) is 11.5. The average molecular weight is 240 g/mol. The lowest BCUT2D eigenvalue weighted by Crippen LogP contribution is -2.50. The summed E-state index contributed by atoms with van der Waals surface area (Å²) in [6.07, 6.45) is 5.50. The van der Waals surface area contributed by atoms with E-state index in [1.54, 1.807) is 0 Å². The van der Waals surface area contributed by atoms with E-state index in [4.69, 9.17) is 10.5 Å². The van der Waals surface area contributed by atoms with Crippen molar-refractivity contribution >= 4 is 0 Å². The molecule has 0 radical (unpaired) electrons. The fraction of sp³-hybridized carbons (Fsp3) is 1.00. The van der Waals surface area contributed by atoms with Gasteiger partial charge >= 0.3 is 0 Å². The van der Waals surface area contributed by atoms with Crippen molar-refractivity contribution in [2.45, 2.75) is 45.1 Å². The van der Waals surface area contributed by atoms with Crippen LogP contribution in [0.4, 0.5) is 0 Å². The van der Waals surface area contributed by atoms with Gasteiger partial charge in [0.1, 0.15) is 0 Å². The van der Waals surface area contributed by atoms with Crippen LogP contribution in [0.5, 0.6) is 0 Å². The molecule has 3 nitrogen and oxygen atoms in total. The van der Waals surface area contributed by atoms with Crippen LogP contribution in [-0.2, 0) is 4.74 Å². The van der Waals surface area contributed by atoms with Gasteiger partial charge in [-0.2, -0.15) is 0 Å². The molecule has 1 aliphatic carbocycles. The molecule has 0 spiro atoms. The SMILES string of the molecule is CC1(C)CN(CC2CCCCC2CN)CCO1. The Morgan fingerprint density at radius 3 is 2.59 bits per heavy atom. The predicted molar refractivity (Wildman–Crippen MR) is 71.0 cm³/mol. The smallest absolute Gasteiger partial charge is 0.0753 e. The normalized spacial score (nSPS) is 34.8. The first-order valence-corrected chi connectivity index (χ1v) is 7.17. The molecule has 2 unspecified atom stereocenters. The predicted octanol–water partition coefficient (Wildman–Crippen LogP) is 1.86. The Hall–Kier alpha value is -0.120. The number of nitrogens with two attached hydrogens (primary N) is 1. The summed E-state index contributed by atoms with van der Waals surface area (Å²) in [7, 11) is 0. The molecule has 1 saturated heterocycles. The van der Waals surface area contributed by atoms with E-state index in [1.165, 1.54) is 32.2 Å². The van der Waals surface area contributed by atoms with Crippen molar-refractivity contribution < 1.29 is 4.74 Å². The average Bonchev–Trinajstić information content (AvgIpc) is 2.28. The molecular weight excluding hydrogens is 212 g/mol. The Morgan fingerprint density at radius 1 is 1.24 bits per heavy atom. The third kappa shape index (κ3) is 3.67.